The molecule has 13 heteroatoms. The van der Waals surface area contributed by atoms with Crippen LogP contribution < -0.4 is 11.2 Å². The fraction of sp³-hybridized carbons (Fsp3) is 0.412. The summed E-state index contributed by atoms with van der Waals surface area (Å²) in [6.45, 7) is -0.724. The third kappa shape index (κ3) is 4.61. The van der Waals surface area contributed by atoms with E-state index in [-0.39, 0.29) is 0 Å². The summed E-state index contributed by atoms with van der Waals surface area (Å²) in [5, 5.41) is 20.4. The van der Waals surface area contributed by atoms with Gasteiger partial charge >= 0.3 is 13.5 Å². The predicted octanol–water partition coefficient (Wildman–Crippen LogP) is -1.07. The lowest BCUT2D eigenvalue weighted by atomic mass is 10.1. The van der Waals surface area contributed by atoms with Crippen molar-refractivity contribution in [3.05, 3.63) is 69.0 Å². The minimum absolute atomic E-state index is 0.526. The number of phosphoric ester groups is 1. The van der Waals surface area contributed by atoms with Gasteiger partial charge in [0.05, 0.1) is 6.61 Å². The first-order valence-corrected chi connectivity index (χ1v) is 10.3. The lowest BCUT2D eigenvalue weighted by molar-refractivity contribution is -0.0561. The Balaban J connectivity index is 1.96. The van der Waals surface area contributed by atoms with Gasteiger partial charge in [-0.3, -0.25) is 13.9 Å². The second kappa shape index (κ2) is 8.92. The summed E-state index contributed by atoms with van der Waals surface area (Å²) >= 11 is 0. The molecule has 1 fully saturated rings. The van der Waals surface area contributed by atoms with Crippen LogP contribution in [0.25, 0.3) is 0 Å². The summed E-state index contributed by atoms with van der Waals surface area (Å²) in [6, 6.07) is 9.57. The Labute approximate surface area is 169 Å². The van der Waals surface area contributed by atoms with Gasteiger partial charge in [-0.1, -0.05) is 30.3 Å². The topological polar surface area (TPSA) is 170 Å². The first-order chi connectivity index (χ1) is 14.1. The number of aromatic nitrogens is 2. The van der Waals surface area contributed by atoms with Crippen LogP contribution in [0.15, 0.2) is 52.2 Å². The van der Waals surface area contributed by atoms with Crippen LogP contribution in [0.2, 0.25) is 0 Å². The van der Waals surface area contributed by atoms with E-state index < -0.39 is 56.4 Å². The van der Waals surface area contributed by atoms with Crippen LogP contribution >= 0.6 is 7.82 Å². The van der Waals surface area contributed by atoms with Crippen LogP contribution in [0.5, 0.6) is 0 Å². The number of aliphatic hydroxyl groups excluding tert-OH is 2. The lowest BCUT2D eigenvalue weighted by Gasteiger charge is -2.22. The van der Waals surface area contributed by atoms with Crippen molar-refractivity contribution in [3.8, 4) is 0 Å². The van der Waals surface area contributed by atoms with Gasteiger partial charge in [-0.25, -0.2) is 13.9 Å². The maximum absolute atomic E-state index is 13.0. The van der Waals surface area contributed by atoms with Gasteiger partial charge in [0, 0.05) is 24.9 Å². The molecule has 1 aliphatic rings. The molecule has 0 radical (unpaired) electrons. The average Bonchev–Trinajstić information content (AvgIpc) is 2.98. The zero-order chi connectivity index (χ0) is 22.1. The van der Waals surface area contributed by atoms with Crippen molar-refractivity contribution < 1.29 is 38.6 Å². The van der Waals surface area contributed by atoms with Crippen molar-refractivity contribution in [2.24, 2.45) is 0 Å². The van der Waals surface area contributed by atoms with E-state index in [1.807, 2.05) is 0 Å². The zero-order valence-corrected chi connectivity index (χ0v) is 16.6. The molecule has 4 N–H and O–H groups in total. The van der Waals surface area contributed by atoms with Crippen molar-refractivity contribution in [2.75, 3.05) is 13.7 Å². The van der Waals surface area contributed by atoms with E-state index in [2.05, 4.69) is 4.52 Å². The minimum Gasteiger partial charge on any atom is -0.387 e. The lowest BCUT2D eigenvalue weighted by Crippen LogP contribution is -2.45. The molecular weight excluding hydrogens is 423 g/mol. The maximum Gasteiger partial charge on any atom is 0.469 e. The molecule has 1 unspecified atom stereocenters. The number of nitrogens with zero attached hydrogens (tertiary/aromatic N) is 2. The van der Waals surface area contributed by atoms with Crippen molar-refractivity contribution >= 4 is 7.82 Å². The molecule has 0 bridgehead atoms. The van der Waals surface area contributed by atoms with E-state index in [4.69, 9.17) is 19.3 Å². The molecule has 2 heterocycles. The van der Waals surface area contributed by atoms with Gasteiger partial charge in [0.2, 0.25) is 0 Å². The van der Waals surface area contributed by atoms with Crippen molar-refractivity contribution in [1.29, 1.82) is 0 Å². The first kappa shape index (κ1) is 22.5. The van der Waals surface area contributed by atoms with E-state index >= 15 is 0 Å². The Hall–Kier alpha value is -2.15. The van der Waals surface area contributed by atoms with Crippen molar-refractivity contribution in [1.82, 2.24) is 9.13 Å². The van der Waals surface area contributed by atoms with Crippen LogP contribution in [0.1, 0.15) is 18.0 Å². The van der Waals surface area contributed by atoms with E-state index in [9.17, 15) is 24.4 Å². The third-order valence-corrected chi connectivity index (χ3v) is 5.09. The molecular formula is C17H21N2O10P. The standard InChI is InChI=1S/C17H21N2O10P/c1-27-15(10-5-3-2-4-6-10)19-12(20)7-8-18(17(19)23)16-14(22)13(21)11(29-16)9-28-30(24,25)26/h2-8,11,13-16,21-22H,9H2,1H3,(H2,24,25,26)/t11-,13-,14-,15?,16-/m1/s1. The molecule has 12 nitrogen and oxygen atoms in total. The highest BCUT2D eigenvalue weighted by Gasteiger charge is 2.45. The molecule has 5 atom stereocenters. The molecule has 30 heavy (non-hydrogen) atoms. The van der Waals surface area contributed by atoms with Crippen LogP contribution in [0, 0.1) is 0 Å². The van der Waals surface area contributed by atoms with E-state index in [1.54, 1.807) is 30.3 Å². The Bertz CT molecular complexity index is 1030. The summed E-state index contributed by atoms with van der Waals surface area (Å²) in [5.74, 6) is 0. The number of methoxy groups -OCH3 is 1. The van der Waals surface area contributed by atoms with E-state index in [1.165, 1.54) is 7.11 Å². The number of rotatable bonds is 7. The second-order valence-electron chi connectivity index (χ2n) is 6.55. The average molecular weight is 444 g/mol. The number of ether oxygens (including phenoxy) is 2. The first-order valence-electron chi connectivity index (χ1n) is 8.77. The van der Waals surface area contributed by atoms with Crippen LogP contribution in [-0.2, 0) is 18.6 Å². The van der Waals surface area contributed by atoms with Gasteiger partial charge < -0.3 is 29.5 Å². The van der Waals surface area contributed by atoms with E-state index in [0.29, 0.717) is 5.56 Å². The quantitative estimate of drug-likeness (QED) is 0.386. The number of aliphatic hydroxyl groups is 2. The number of hydrogen-bond donors (Lipinski definition) is 4. The molecule has 1 aliphatic heterocycles. The van der Waals surface area contributed by atoms with E-state index in [0.717, 1.165) is 21.4 Å². The SMILES string of the molecule is COC(c1ccccc1)n1c(=O)ccn([C@@H]2O[C@H](COP(=O)(O)O)[C@@H](O)[C@H]2O)c1=O. The maximum atomic E-state index is 13.0. The van der Waals surface area contributed by atoms with Crippen LogP contribution in [0.4, 0.5) is 0 Å². The molecule has 0 amide bonds. The molecule has 0 spiro atoms. The largest absolute Gasteiger partial charge is 0.469 e. The van der Waals surface area contributed by atoms with Crippen molar-refractivity contribution in [3.63, 3.8) is 0 Å². The Kier molecular flexibility index (Phi) is 6.70. The molecule has 164 valence electrons. The van der Waals surface area contributed by atoms with Gasteiger partial charge in [-0.05, 0) is 0 Å². The Morgan fingerprint density at radius 2 is 1.80 bits per heavy atom. The Morgan fingerprint density at radius 1 is 1.13 bits per heavy atom. The third-order valence-electron chi connectivity index (χ3n) is 4.60. The number of benzene rings is 1. The molecule has 1 aromatic carbocycles. The van der Waals surface area contributed by atoms with Gasteiger partial charge in [-0.2, -0.15) is 0 Å². The predicted molar refractivity (Wildman–Crippen MR) is 100 cm³/mol. The summed E-state index contributed by atoms with van der Waals surface area (Å²) in [5.41, 5.74) is -1.02. The van der Waals surface area contributed by atoms with Gasteiger partial charge in [0.25, 0.3) is 5.56 Å². The molecule has 3 rings (SSSR count). The van der Waals surface area contributed by atoms with Crippen LogP contribution in [-0.4, -0.2) is 61.2 Å². The fourth-order valence-electron chi connectivity index (χ4n) is 3.19. The summed E-state index contributed by atoms with van der Waals surface area (Å²) in [7, 11) is -3.51. The highest BCUT2D eigenvalue weighted by Crippen LogP contribution is 2.38. The fourth-order valence-corrected chi connectivity index (χ4v) is 3.53. The highest BCUT2D eigenvalue weighted by molar-refractivity contribution is 7.46. The molecule has 0 aliphatic carbocycles. The number of phosphoric acid groups is 1. The van der Waals surface area contributed by atoms with Crippen molar-refractivity contribution in [2.45, 2.75) is 30.8 Å². The van der Waals surface area contributed by atoms with Gasteiger partial charge in [-0.15, -0.1) is 0 Å². The normalized spacial score (nSPS) is 25.4. The molecule has 1 aromatic heterocycles. The van der Waals surface area contributed by atoms with Gasteiger partial charge in [0.15, 0.2) is 12.5 Å². The Morgan fingerprint density at radius 3 is 2.40 bits per heavy atom. The van der Waals surface area contributed by atoms with Gasteiger partial charge in [0.1, 0.15) is 18.3 Å². The second-order valence-corrected chi connectivity index (χ2v) is 7.78. The summed E-state index contributed by atoms with van der Waals surface area (Å²) in [4.78, 5) is 43.1. The molecule has 0 saturated carbocycles. The smallest absolute Gasteiger partial charge is 0.387 e. The summed E-state index contributed by atoms with van der Waals surface area (Å²) < 4.78 is 27.6. The molecule has 1 saturated heterocycles. The zero-order valence-electron chi connectivity index (χ0n) is 15.7. The monoisotopic (exact) mass is 444 g/mol. The highest BCUT2D eigenvalue weighted by atomic mass is 31.2. The molecule has 2 aromatic rings. The number of hydrogen-bond acceptors (Lipinski definition) is 8. The summed E-state index contributed by atoms with van der Waals surface area (Å²) in [6.07, 6.45) is -5.95. The minimum atomic E-state index is -4.83. The van der Waals surface area contributed by atoms with Crippen LogP contribution in [0.3, 0.4) is 0 Å².